The highest BCUT2D eigenvalue weighted by atomic mass is 32.1. The minimum absolute atomic E-state index is 0.0926. The van der Waals surface area contributed by atoms with Gasteiger partial charge in [0.1, 0.15) is 5.01 Å². The number of fused-ring (bicyclic) bond motifs is 1. The molecule has 0 aliphatic carbocycles. The van der Waals surface area contributed by atoms with Gasteiger partial charge in [0, 0.05) is 10.8 Å². The van der Waals surface area contributed by atoms with Crippen LogP contribution in [0.15, 0.2) is 6.20 Å². The predicted molar refractivity (Wildman–Crippen MR) is 68.3 cm³/mol. The molecule has 88 valence electrons. The summed E-state index contributed by atoms with van der Waals surface area (Å²) in [6.45, 7) is 13.0. The van der Waals surface area contributed by atoms with Gasteiger partial charge in [-0.1, -0.05) is 52.9 Å². The van der Waals surface area contributed by atoms with Crippen molar-refractivity contribution >= 4 is 16.3 Å². The molecule has 4 heteroatoms. The van der Waals surface area contributed by atoms with Gasteiger partial charge in [0.25, 0.3) is 0 Å². The molecule has 0 saturated carbocycles. The van der Waals surface area contributed by atoms with Crippen molar-refractivity contribution in [3.63, 3.8) is 0 Å². The van der Waals surface area contributed by atoms with Gasteiger partial charge in [-0.3, -0.25) is 0 Å². The topological polar surface area (TPSA) is 30.2 Å². The molecular formula is C12H19N3S. The number of hydrogen-bond donors (Lipinski definition) is 0. The Morgan fingerprint density at radius 3 is 2.12 bits per heavy atom. The van der Waals surface area contributed by atoms with Crippen molar-refractivity contribution < 1.29 is 0 Å². The SMILES string of the molecule is CC(C)(C)c1cn2nc(C(C)(C)C)sc2n1. The first-order valence-corrected chi connectivity index (χ1v) is 6.37. The fourth-order valence-corrected chi connectivity index (χ4v) is 2.30. The van der Waals surface area contributed by atoms with Crippen molar-refractivity contribution in [3.05, 3.63) is 16.9 Å². The fraction of sp³-hybridized carbons (Fsp3) is 0.667. The lowest BCUT2D eigenvalue weighted by Crippen LogP contribution is -2.12. The zero-order valence-electron chi connectivity index (χ0n) is 10.8. The third-order valence-corrected chi connectivity index (χ3v) is 3.80. The average molecular weight is 237 g/mol. The summed E-state index contributed by atoms with van der Waals surface area (Å²) in [5.74, 6) is 0. The summed E-state index contributed by atoms with van der Waals surface area (Å²) in [7, 11) is 0. The molecule has 0 amide bonds. The van der Waals surface area contributed by atoms with Crippen LogP contribution in [0.25, 0.3) is 4.96 Å². The normalized spacial score (nSPS) is 13.6. The zero-order valence-corrected chi connectivity index (χ0v) is 11.6. The Hall–Kier alpha value is -0.900. The lowest BCUT2D eigenvalue weighted by Gasteiger charge is -2.14. The van der Waals surface area contributed by atoms with E-state index in [-0.39, 0.29) is 10.8 Å². The summed E-state index contributed by atoms with van der Waals surface area (Å²) < 4.78 is 1.91. The van der Waals surface area contributed by atoms with Gasteiger partial charge in [-0.05, 0) is 0 Å². The number of rotatable bonds is 0. The van der Waals surface area contributed by atoms with E-state index in [4.69, 9.17) is 0 Å². The van der Waals surface area contributed by atoms with Crippen LogP contribution < -0.4 is 0 Å². The van der Waals surface area contributed by atoms with Gasteiger partial charge in [-0.2, -0.15) is 5.10 Å². The highest BCUT2D eigenvalue weighted by Gasteiger charge is 2.23. The molecule has 0 aliphatic heterocycles. The van der Waals surface area contributed by atoms with E-state index in [2.05, 4.69) is 51.6 Å². The van der Waals surface area contributed by atoms with Crippen LogP contribution in [0.5, 0.6) is 0 Å². The van der Waals surface area contributed by atoms with E-state index in [1.807, 2.05) is 10.7 Å². The lowest BCUT2D eigenvalue weighted by atomic mass is 9.93. The summed E-state index contributed by atoms with van der Waals surface area (Å²) in [4.78, 5) is 5.63. The third-order valence-electron chi connectivity index (χ3n) is 2.45. The molecule has 2 rings (SSSR count). The van der Waals surface area contributed by atoms with Crippen LogP contribution in [0.1, 0.15) is 52.2 Å². The van der Waals surface area contributed by atoms with Crippen LogP contribution in [-0.4, -0.2) is 14.6 Å². The maximum atomic E-state index is 4.64. The zero-order chi connectivity index (χ0) is 12.1. The number of imidazole rings is 1. The Morgan fingerprint density at radius 2 is 1.69 bits per heavy atom. The summed E-state index contributed by atoms with van der Waals surface area (Å²) in [5.41, 5.74) is 1.30. The molecule has 0 aliphatic rings. The van der Waals surface area contributed by atoms with Crippen LogP contribution >= 0.6 is 11.3 Å². The van der Waals surface area contributed by atoms with E-state index in [0.717, 1.165) is 15.7 Å². The van der Waals surface area contributed by atoms with Crippen LogP contribution in [0.2, 0.25) is 0 Å². The Balaban J connectivity index is 2.49. The highest BCUT2D eigenvalue weighted by Crippen LogP contribution is 2.29. The first-order chi connectivity index (χ1) is 7.18. The van der Waals surface area contributed by atoms with Crippen LogP contribution in [0.3, 0.4) is 0 Å². The second kappa shape index (κ2) is 3.29. The third kappa shape index (κ3) is 1.98. The second-order valence-electron chi connectivity index (χ2n) is 6.26. The van der Waals surface area contributed by atoms with E-state index in [1.54, 1.807) is 11.3 Å². The van der Waals surface area contributed by atoms with E-state index >= 15 is 0 Å². The van der Waals surface area contributed by atoms with Crippen LogP contribution in [0.4, 0.5) is 0 Å². The Bertz CT molecular complexity index is 433. The van der Waals surface area contributed by atoms with Crippen molar-refractivity contribution in [1.29, 1.82) is 0 Å². The Kier molecular flexibility index (Phi) is 2.38. The second-order valence-corrected chi connectivity index (χ2v) is 7.22. The highest BCUT2D eigenvalue weighted by molar-refractivity contribution is 7.16. The molecular weight excluding hydrogens is 218 g/mol. The van der Waals surface area contributed by atoms with Crippen LogP contribution in [0, 0.1) is 0 Å². The fourth-order valence-electron chi connectivity index (χ4n) is 1.36. The molecule has 2 aromatic rings. The molecule has 0 saturated heterocycles. The quantitative estimate of drug-likeness (QED) is 0.703. The molecule has 3 nitrogen and oxygen atoms in total. The maximum Gasteiger partial charge on any atom is 0.212 e. The molecule has 16 heavy (non-hydrogen) atoms. The predicted octanol–water partition coefficient (Wildman–Crippen LogP) is 3.39. The first-order valence-electron chi connectivity index (χ1n) is 5.55. The minimum atomic E-state index is 0.0926. The molecule has 0 N–H and O–H groups in total. The smallest absolute Gasteiger partial charge is 0.212 e. The van der Waals surface area contributed by atoms with E-state index in [9.17, 15) is 0 Å². The van der Waals surface area contributed by atoms with E-state index in [1.165, 1.54) is 0 Å². The van der Waals surface area contributed by atoms with Crippen LogP contribution in [-0.2, 0) is 10.8 Å². The number of hydrogen-bond acceptors (Lipinski definition) is 3. The number of aromatic nitrogens is 3. The van der Waals surface area contributed by atoms with Crippen molar-refractivity contribution in [3.8, 4) is 0 Å². The largest absolute Gasteiger partial charge is 0.222 e. The summed E-state index contributed by atoms with van der Waals surface area (Å²) in [5, 5.41) is 5.73. The molecule has 0 bridgehead atoms. The summed E-state index contributed by atoms with van der Waals surface area (Å²) >= 11 is 1.68. The molecule has 0 atom stereocenters. The van der Waals surface area contributed by atoms with Crippen molar-refractivity contribution in [2.75, 3.05) is 0 Å². The molecule has 0 radical (unpaired) electrons. The Labute approximate surface area is 101 Å². The van der Waals surface area contributed by atoms with Crippen molar-refractivity contribution in [2.24, 2.45) is 0 Å². The van der Waals surface area contributed by atoms with Gasteiger partial charge in [0.2, 0.25) is 4.96 Å². The Morgan fingerprint density at radius 1 is 1.06 bits per heavy atom. The maximum absolute atomic E-state index is 4.64. The standard InChI is InChI=1S/C12H19N3S/c1-11(2,3)8-7-15-10(13-8)16-9(14-15)12(4,5)6/h7H,1-6H3. The van der Waals surface area contributed by atoms with Gasteiger partial charge < -0.3 is 0 Å². The molecule has 0 spiro atoms. The number of nitrogens with zero attached hydrogens (tertiary/aromatic N) is 3. The van der Waals surface area contributed by atoms with Gasteiger partial charge in [0.15, 0.2) is 0 Å². The first kappa shape index (κ1) is 11.6. The monoisotopic (exact) mass is 237 g/mol. The average Bonchev–Trinajstić information content (AvgIpc) is 2.53. The molecule has 0 fully saturated rings. The van der Waals surface area contributed by atoms with E-state index in [0.29, 0.717) is 0 Å². The van der Waals surface area contributed by atoms with Crippen molar-refractivity contribution in [1.82, 2.24) is 14.6 Å². The van der Waals surface area contributed by atoms with Gasteiger partial charge in [0.05, 0.1) is 11.9 Å². The summed E-state index contributed by atoms with van der Waals surface area (Å²) in [6, 6.07) is 0. The summed E-state index contributed by atoms with van der Waals surface area (Å²) in [6.07, 6.45) is 2.04. The lowest BCUT2D eigenvalue weighted by molar-refractivity contribution is 0.566. The molecule has 2 heterocycles. The van der Waals surface area contributed by atoms with Gasteiger partial charge >= 0.3 is 0 Å². The van der Waals surface area contributed by atoms with Crippen molar-refractivity contribution in [2.45, 2.75) is 52.4 Å². The van der Waals surface area contributed by atoms with E-state index < -0.39 is 0 Å². The molecule has 0 unspecified atom stereocenters. The molecule has 0 aromatic carbocycles. The van der Waals surface area contributed by atoms with Gasteiger partial charge in [-0.25, -0.2) is 9.50 Å². The molecule has 2 aromatic heterocycles. The van der Waals surface area contributed by atoms with Gasteiger partial charge in [-0.15, -0.1) is 0 Å². The minimum Gasteiger partial charge on any atom is -0.222 e.